The standard InChI is InChI=1S/C28H31ClN2O4S/c1-5-18(2)31(28(33)20-14-22(34-3)16-23(15-20)35-4)17-26(32)30-12-10-25-24(11-13-36-25)27(30)19-6-8-21(29)9-7-19/h6-9,11,13-16,18,27H,5,10,12,17H2,1-4H3. The molecule has 2 aromatic carbocycles. The fourth-order valence-corrected chi connectivity index (χ4v) is 5.60. The molecule has 8 heteroatoms. The van der Waals surface area contributed by atoms with Gasteiger partial charge in [0.2, 0.25) is 5.91 Å². The van der Waals surface area contributed by atoms with Crippen molar-refractivity contribution in [3.8, 4) is 11.5 Å². The van der Waals surface area contributed by atoms with E-state index in [2.05, 4.69) is 11.4 Å². The Kier molecular flexibility index (Phi) is 8.21. The van der Waals surface area contributed by atoms with E-state index in [9.17, 15) is 9.59 Å². The largest absolute Gasteiger partial charge is 0.497 e. The van der Waals surface area contributed by atoms with Crippen LogP contribution in [0.1, 0.15) is 52.7 Å². The summed E-state index contributed by atoms with van der Waals surface area (Å²) in [6.45, 7) is 4.55. The van der Waals surface area contributed by atoms with Crippen LogP contribution in [-0.4, -0.2) is 55.0 Å². The van der Waals surface area contributed by atoms with Gasteiger partial charge in [0.1, 0.15) is 18.0 Å². The van der Waals surface area contributed by atoms with Crippen LogP contribution in [-0.2, 0) is 11.2 Å². The number of carbonyl (C=O) groups excluding carboxylic acids is 2. The molecule has 2 unspecified atom stereocenters. The topological polar surface area (TPSA) is 59.1 Å². The van der Waals surface area contributed by atoms with E-state index in [1.165, 1.54) is 4.88 Å². The van der Waals surface area contributed by atoms with Crippen LogP contribution in [0.4, 0.5) is 0 Å². The van der Waals surface area contributed by atoms with Crippen LogP contribution in [0.3, 0.4) is 0 Å². The molecule has 1 aromatic heterocycles. The third kappa shape index (κ3) is 5.37. The molecule has 0 fully saturated rings. The molecular weight excluding hydrogens is 496 g/mol. The molecule has 0 saturated carbocycles. The van der Waals surface area contributed by atoms with Crippen molar-refractivity contribution < 1.29 is 19.1 Å². The second-order valence-corrected chi connectivity index (χ2v) is 10.3. The van der Waals surface area contributed by atoms with Crippen molar-refractivity contribution in [2.24, 2.45) is 0 Å². The van der Waals surface area contributed by atoms with Gasteiger partial charge in [0.15, 0.2) is 0 Å². The fraction of sp³-hybridized carbons (Fsp3) is 0.357. The Balaban J connectivity index is 1.65. The van der Waals surface area contributed by atoms with E-state index in [4.69, 9.17) is 21.1 Å². The summed E-state index contributed by atoms with van der Waals surface area (Å²) in [5.74, 6) is 0.732. The van der Waals surface area contributed by atoms with E-state index in [0.717, 1.165) is 24.0 Å². The predicted molar refractivity (Wildman–Crippen MR) is 143 cm³/mol. The molecule has 2 atom stereocenters. The Morgan fingerprint density at radius 2 is 1.78 bits per heavy atom. The van der Waals surface area contributed by atoms with Crippen molar-refractivity contribution in [1.82, 2.24) is 9.80 Å². The van der Waals surface area contributed by atoms with Gasteiger partial charge in [-0.25, -0.2) is 0 Å². The minimum atomic E-state index is -0.230. The molecule has 4 rings (SSSR count). The first-order valence-electron chi connectivity index (χ1n) is 12.0. The number of rotatable bonds is 8. The Hall–Kier alpha value is -3.03. The molecule has 0 aliphatic carbocycles. The van der Waals surface area contributed by atoms with Gasteiger partial charge in [0, 0.05) is 34.1 Å². The lowest BCUT2D eigenvalue weighted by molar-refractivity contribution is -0.134. The van der Waals surface area contributed by atoms with Crippen LogP contribution in [0.5, 0.6) is 11.5 Å². The highest BCUT2D eigenvalue weighted by molar-refractivity contribution is 7.10. The molecule has 6 nitrogen and oxygen atoms in total. The van der Waals surface area contributed by atoms with E-state index in [1.54, 1.807) is 48.7 Å². The van der Waals surface area contributed by atoms with Crippen LogP contribution in [0.25, 0.3) is 0 Å². The van der Waals surface area contributed by atoms with Crippen molar-refractivity contribution in [2.75, 3.05) is 27.3 Å². The van der Waals surface area contributed by atoms with Crippen LogP contribution in [0.15, 0.2) is 53.9 Å². The van der Waals surface area contributed by atoms with Gasteiger partial charge in [-0.15, -0.1) is 11.3 Å². The lowest BCUT2D eigenvalue weighted by Gasteiger charge is -2.38. The number of fused-ring (bicyclic) bond motifs is 1. The van der Waals surface area contributed by atoms with Gasteiger partial charge >= 0.3 is 0 Å². The normalized spacial score (nSPS) is 15.7. The lowest BCUT2D eigenvalue weighted by atomic mass is 9.93. The molecule has 0 radical (unpaired) electrons. The molecule has 0 N–H and O–H groups in total. The zero-order chi connectivity index (χ0) is 25.8. The second kappa shape index (κ2) is 11.4. The monoisotopic (exact) mass is 526 g/mol. The summed E-state index contributed by atoms with van der Waals surface area (Å²) in [4.78, 5) is 32.4. The molecule has 1 aliphatic rings. The third-order valence-corrected chi connectivity index (χ3v) is 8.01. The van der Waals surface area contributed by atoms with Crippen molar-refractivity contribution in [3.05, 3.63) is 80.5 Å². The first-order valence-corrected chi connectivity index (χ1v) is 13.3. The maximum atomic E-state index is 13.9. The number of carbonyl (C=O) groups is 2. The molecule has 2 heterocycles. The minimum absolute atomic E-state index is 0.0169. The Morgan fingerprint density at radius 3 is 2.39 bits per heavy atom. The molecule has 0 saturated heterocycles. The summed E-state index contributed by atoms with van der Waals surface area (Å²) in [7, 11) is 3.09. The van der Waals surface area contributed by atoms with Crippen LogP contribution in [0.2, 0.25) is 5.02 Å². The summed E-state index contributed by atoms with van der Waals surface area (Å²) in [6.07, 6.45) is 1.52. The van der Waals surface area contributed by atoms with Gasteiger partial charge in [0.25, 0.3) is 5.91 Å². The van der Waals surface area contributed by atoms with E-state index in [1.807, 2.05) is 43.0 Å². The van der Waals surface area contributed by atoms with Gasteiger partial charge in [-0.2, -0.15) is 0 Å². The molecule has 0 bridgehead atoms. The lowest BCUT2D eigenvalue weighted by Crippen LogP contribution is -2.49. The van der Waals surface area contributed by atoms with Crippen molar-refractivity contribution in [2.45, 2.75) is 38.8 Å². The number of nitrogens with zero attached hydrogens (tertiary/aromatic N) is 2. The Bertz CT molecular complexity index is 1200. The van der Waals surface area contributed by atoms with E-state index in [0.29, 0.717) is 28.6 Å². The highest BCUT2D eigenvalue weighted by Crippen LogP contribution is 2.38. The van der Waals surface area contributed by atoms with E-state index >= 15 is 0 Å². The molecule has 190 valence electrons. The molecule has 1 aliphatic heterocycles. The Labute approximate surface area is 221 Å². The van der Waals surface area contributed by atoms with Crippen LogP contribution < -0.4 is 9.47 Å². The smallest absolute Gasteiger partial charge is 0.254 e. The minimum Gasteiger partial charge on any atom is -0.497 e. The van der Waals surface area contributed by atoms with Gasteiger partial charge in [-0.05, 0) is 66.6 Å². The number of halogens is 1. The highest BCUT2D eigenvalue weighted by atomic mass is 35.5. The summed E-state index contributed by atoms with van der Waals surface area (Å²) in [6, 6.07) is 14.5. The zero-order valence-corrected chi connectivity index (χ0v) is 22.6. The number of thiophene rings is 1. The summed E-state index contributed by atoms with van der Waals surface area (Å²) in [5, 5.41) is 2.73. The fourth-order valence-electron chi connectivity index (χ4n) is 4.57. The second-order valence-electron chi connectivity index (χ2n) is 8.88. The van der Waals surface area contributed by atoms with Crippen LogP contribution in [0, 0.1) is 0 Å². The van der Waals surface area contributed by atoms with Gasteiger partial charge < -0.3 is 19.3 Å². The average molecular weight is 527 g/mol. The maximum absolute atomic E-state index is 13.9. The molecule has 3 aromatic rings. The summed E-state index contributed by atoms with van der Waals surface area (Å²) >= 11 is 7.86. The number of hydrogen-bond acceptors (Lipinski definition) is 5. The first-order chi connectivity index (χ1) is 17.4. The highest BCUT2D eigenvalue weighted by Gasteiger charge is 2.35. The van der Waals surface area contributed by atoms with Crippen molar-refractivity contribution in [3.63, 3.8) is 0 Å². The van der Waals surface area contributed by atoms with E-state index in [-0.39, 0.29) is 30.4 Å². The van der Waals surface area contributed by atoms with Crippen molar-refractivity contribution >= 4 is 34.8 Å². The number of ether oxygens (including phenoxy) is 2. The number of amides is 2. The summed E-state index contributed by atoms with van der Waals surface area (Å²) < 4.78 is 10.7. The van der Waals surface area contributed by atoms with Gasteiger partial charge in [-0.3, -0.25) is 9.59 Å². The molecule has 0 spiro atoms. The number of benzene rings is 2. The third-order valence-electron chi connectivity index (χ3n) is 6.76. The summed E-state index contributed by atoms with van der Waals surface area (Å²) in [5.41, 5.74) is 2.57. The van der Waals surface area contributed by atoms with Gasteiger partial charge in [0.05, 0.1) is 20.3 Å². The molecule has 2 amide bonds. The predicted octanol–water partition coefficient (Wildman–Crippen LogP) is 5.83. The average Bonchev–Trinajstić information content (AvgIpc) is 3.39. The SMILES string of the molecule is CCC(C)N(CC(=O)N1CCc2sccc2C1c1ccc(Cl)cc1)C(=O)c1cc(OC)cc(OC)c1. The Morgan fingerprint density at radius 1 is 1.11 bits per heavy atom. The van der Waals surface area contributed by atoms with Crippen molar-refractivity contribution in [1.29, 1.82) is 0 Å². The van der Waals surface area contributed by atoms with Crippen LogP contribution >= 0.6 is 22.9 Å². The molecular formula is C28H31ClN2O4S. The quantitative estimate of drug-likeness (QED) is 0.370. The maximum Gasteiger partial charge on any atom is 0.254 e. The zero-order valence-electron chi connectivity index (χ0n) is 21.0. The molecule has 36 heavy (non-hydrogen) atoms. The van der Waals surface area contributed by atoms with Gasteiger partial charge in [-0.1, -0.05) is 30.7 Å². The number of hydrogen-bond donors (Lipinski definition) is 0. The van der Waals surface area contributed by atoms with E-state index < -0.39 is 0 Å². The number of methoxy groups -OCH3 is 2. The first kappa shape index (κ1) is 26.0.